The SMILES string of the molecule is CN(Cc1cc(N)cc(Br)c1)c1ccccc1. The number of rotatable bonds is 3. The lowest BCUT2D eigenvalue weighted by molar-refractivity contribution is 0.923. The highest BCUT2D eigenvalue weighted by Crippen LogP contribution is 2.20. The normalized spacial score (nSPS) is 10.2. The maximum absolute atomic E-state index is 5.83. The van der Waals surface area contributed by atoms with Gasteiger partial charge in [-0.15, -0.1) is 0 Å². The summed E-state index contributed by atoms with van der Waals surface area (Å²) in [7, 11) is 2.08. The van der Waals surface area contributed by atoms with Crippen molar-refractivity contribution in [2.24, 2.45) is 0 Å². The van der Waals surface area contributed by atoms with Crippen LogP contribution >= 0.6 is 15.9 Å². The van der Waals surface area contributed by atoms with Crippen molar-refractivity contribution in [3.05, 3.63) is 58.6 Å². The molecule has 0 unspecified atom stereocenters. The number of hydrogen-bond acceptors (Lipinski definition) is 2. The summed E-state index contributed by atoms with van der Waals surface area (Å²) in [6.07, 6.45) is 0. The van der Waals surface area contributed by atoms with E-state index in [1.165, 1.54) is 11.3 Å². The third-order valence-corrected chi connectivity index (χ3v) is 3.05. The standard InChI is InChI=1S/C14H15BrN2/c1-17(14-5-3-2-4-6-14)10-11-7-12(15)9-13(16)8-11/h2-9H,10,16H2,1H3. The summed E-state index contributed by atoms with van der Waals surface area (Å²) in [5.74, 6) is 0. The minimum atomic E-state index is 0.788. The molecule has 3 heteroatoms. The number of halogens is 1. The molecule has 2 N–H and O–H groups in total. The maximum Gasteiger partial charge on any atom is 0.0427 e. The highest BCUT2D eigenvalue weighted by Gasteiger charge is 2.03. The van der Waals surface area contributed by atoms with Crippen LogP contribution in [0, 0.1) is 0 Å². The molecule has 2 aromatic carbocycles. The molecule has 2 nitrogen and oxygen atoms in total. The van der Waals surface area contributed by atoms with E-state index in [0.717, 1.165) is 16.7 Å². The first-order valence-electron chi connectivity index (χ1n) is 5.46. The summed E-state index contributed by atoms with van der Waals surface area (Å²) in [4.78, 5) is 2.20. The lowest BCUT2D eigenvalue weighted by Crippen LogP contribution is -2.16. The Hall–Kier alpha value is -1.48. The third-order valence-electron chi connectivity index (χ3n) is 2.60. The van der Waals surface area contributed by atoms with Gasteiger partial charge in [0.05, 0.1) is 0 Å². The monoisotopic (exact) mass is 290 g/mol. The van der Waals surface area contributed by atoms with Gasteiger partial charge in [0.25, 0.3) is 0 Å². The summed E-state index contributed by atoms with van der Waals surface area (Å²) >= 11 is 3.46. The Morgan fingerprint density at radius 2 is 1.82 bits per heavy atom. The van der Waals surface area contributed by atoms with Gasteiger partial charge in [-0.1, -0.05) is 34.1 Å². The Bertz CT molecular complexity index is 477. The zero-order valence-corrected chi connectivity index (χ0v) is 11.3. The fourth-order valence-corrected chi connectivity index (χ4v) is 2.37. The Balaban J connectivity index is 2.16. The van der Waals surface area contributed by atoms with Crippen LogP contribution in [-0.4, -0.2) is 7.05 Å². The molecule has 2 rings (SSSR count). The molecular formula is C14H15BrN2. The first-order valence-corrected chi connectivity index (χ1v) is 6.25. The molecule has 0 fully saturated rings. The molecule has 0 radical (unpaired) electrons. The second kappa shape index (κ2) is 5.23. The number of benzene rings is 2. The van der Waals surface area contributed by atoms with Crippen molar-refractivity contribution < 1.29 is 0 Å². The predicted molar refractivity (Wildman–Crippen MR) is 77.1 cm³/mol. The number of nitrogen functional groups attached to an aromatic ring is 1. The number of hydrogen-bond donors (Lipinski definition) is 1. The molecule has 0 saturated carbocycles. The van der Waals surface area contributed by atoms with Crippen LogP contribution in [0.25, 0.3) is 0 Å². The molecular weight excluding hydrogens is 276 g/mol. The van der Waals surface area contributed by atoms with Gasteiger partial charge in [0.15, 0.2) is 0 Å². The Labute approximate surface area is 110 Å². The van der Waals surface area contributed by atoms with Gasteiger partial charge in [0.2, 0.25) is 0 Å². The zero-order chi connectivity index (χ0) is 12.3. The van der Waals surface area contributed by atoms with Crippen molar-refractivity contribution in [2.75, 3.05) is 17.7 Å². The van der Waals surface area contributed by atoms with E-state index in [-0.39, 0.29) is 0 Å². The van der Waals surface area contributed by atoms with Gasteiger partial charge in [-0.2, -0.15) is 0 Å². The summed E-state index contributed by atoms with van der Waals surface area (Å²) in [5.41, 5.74) is 9.01. The molecule has 0 aliphatic carbocycles. The lowest BCUT2D eigenvalue weighted by Gasteiger charge is -2.19. The van der Waals surface area contributed by atoms with Crippen LogP contribution in [0.5, 0.6) is 0 Å². The number of anilines is 2. The van der Waals surface area contributed by atoms with Gasteiger partial charge in [-0.05, 0) is 35.9 Å². The van der Waals surface area contributed by atoms with Crippen molar-refractivity contribution in [2.45, 2.75) is 6.54 Å². The molecule has 17 heavy (non-hydrogen) atoms. The van der Waals surface area contributed by atoms with Gasteiger partial charge in [-0.25, -0.2) is 0 Å². The highest BCUT2D eigenvalue weighted by atomic mass is 79.9. The fraction of sp³-hybridized carbons (Fsp3) is 0.143. The van der Waals surface area contributed by atoms with Crippen LogP contribution in [0.4, 0.5) is 11.4 Å². The van der Waals surface area contributed by atoms with Gasteiger partial charge < -0.3 is 10.6 Å². The molecule has 0 amide bonds. The van der Waals surface area contributed by atoms with E-state index in [0.29, 0.717) is 0 Å². The predicted octanol–water partition coefficient (Wildman–Crippen LogP) is 3.67. The summed E-state index contributed by atoms with van der Waals surface area (Å²) < 4.78 is 1.02. The first kappa shape index (κ1) is 12.0. The van der Waals surface area contributed by atoms with Crippen LogP contribution in [0.1, 0.15) is 5.56 Å². The van der Waals surface area contributed by atoms with Crippen molar-refractivity contribution >= 4 is 27.3 Å². The van der Waals surface area contributed by atoms with E-state index < -0.39 is 0 Å². The average Bonchev–Trinajstić information content (AvgIpc) is 2.28. The quantitative estimate of drug-likeness (QED) is 0.874. The van der Waals surface area contributed by atoms with E-state index in [2.05, 4.69) is 46.1 Å². The van der Waals surface area contributed by atoms with Crippen LogP contribution in [-0.2, 0) is 6.54 Å². The Morgan fingerprint density at radius 3 is 2.47 bits per heavy atom. The molecule has 0 bridgehead atoms. The maximum atomic E-state index is 5.83. The van der Waals surface area contributed by atoms with Crippen molar-refractivity contribution in [3.8, 4) is 0 Å². The van der Waals surface area contributed by atoms with E-state index in [4.69, 9.17) is 5.73 Å². The van der Waals surface area contributed by atoms with Crippen molar-refractivity contribution in [3.63, 3.8) is 0 Å². The molecule has 0 atom stereocenters. The van der Waals surface area contributed by atoms with Crippen molar-refractivity contribution in [1.82, 2.24) is 0 Å². The zero-order valence-electron chi connectivity index (χ0n) is 9.73. The second-order valence-corrected chi connectivity index (χ2v) is 5.00. The molecule has 2 aromatic rings. The largest absolute Gasteiger partial charge is 0.399 e. The molecule has 88 valence electrons. The van der Waals surface area contributed by atoms with Crippen LogP contribution in [0.3, 0.4) is 0 Å². The molecule has 0 aliphatic rings. The number of nitrogens with zero attached hydrogens (tertiary/aromatic N) is 1. The number of para-hydroxylation sites is 1. The fourth-order valence-electron chi connectivity index (χ4n) is 1.81. The van der Waals surface area contributed by atoms with Crippen LogP contribution in [0.2, 0.25) is 0 Å². The smallest absolute Gasteiger partial charge is 0.0427 e. The van der Waals surface area contributed by atoms with Gasteiger partial charge >= 0.3 is 0 Å². The van der Waals surface area contributed by atoms with Crippen LogP contribution in [0.15, 0.2) is 53.0 Å². The molecule has 0 heterocycles. The molecule has 0 aromatic heterocycles. The molecule has 0 saturated heterocycles. The Kier molecular flexibility index (Phi) is 3.69. The molecule has 0 spiro atoms. The van der Waals surface area contributed by atoms with Gasteiger partial charge in [0.1, 0.15) is 0 Å². The minimum absolute atomic E-state index is 0.788. The van der Waals surface area contributed by atoms with E-state index in [1.807, 2.05) is 30.3 Å². The second-order valence-electron chi connectivity index (χ2n) is 4.08. The van der Waals surface area contributed by atoms with Crippen molar-refractivity contribution in [1.29, 1.82) is 0 Å². The topological polar surface area (TPSA) is 29.3 Å². The third kappa shape index (κ3) is 3.24. The Morgan fingerprint density at radius 1 is 1.12 bits per heavy atom. The summed E-state index contributed by atoms with van der Waals surface area (Å²) in [6, 6.07) is 16.3. The van der Waals surface area contributed by atoms with E-state index in [1.54, 1.807) is 0 Å². The van der Waals surface area contributed by atoms with Crippen LogP contribution < -0.4 is 10.6 Å². The lowest BCUT2D eigenvalue weighted by atomic mass is 10.2. The number of nitrogens with two attached hydrogens (primary N) is 1. The summed E-state index contributed by atoms with van der Waals surface area (Å²) in [5, 5.41) is 0. The average molecular weight is 291 g/mol. The van der Waals surface area contributed by atoms with E-state index >= 15 is 0 Å². The summed E-state index contributed by atoms with van der Waals surface area (Å²) in [6.45, 7) is 0.841. The van der Waals surface area contributed by atoms with Gasteiger partial charge in [-0.3, -0.25) is 0 Å². The minimum Gasteiger partial charge on any atom is -0.399 e. The highest BCUT2D eigenvalue weighted by molar-refractivity contribution is 9.10. The van der Waals surface area contributed by atoms with E-state index in [9.17, 15) is 0 Å². The van der Waals surface area contributed by atoms with Gasteiger partial charge in [0, 0.05) is 29.4 Å². The first-order chi connectivity index (χ1) is 8.15. The molecule has 0 aliphatic heterocycles.